The number of thioether (sulfide) groups is 1. The summed E-state index contributed by atoms with van der Waals surface area (Å²) in [6.07, 6.45) is -4.37. The maximum Gasteiger partial charge on any atom is 0.416 e. The molecule has 2 N–H and O–H groups in total. The summed E-state index contributed by atoms with van der Waals surface area (Å²) in [5.41, 5.74) is 0.161. The topological polar surface area (TPSA) is 68.8 Å². The Morgan fingerprint density at radius 1 is 1.13 bits per heavy atom. The number of amides is 1. The van der Waals surface area contributed by atoms with Gasteiger partial charge in [0.25, 0.3) is 0 Å². The summed E-state index contributed by atoms with van der Waals surface area (Å²) >= 11 is 1.30. The molecule has 0 spiro atoms. The standard InChI is InChI=1S/C20H18F3N2O4S/c21-20(22,23)13-2-4-14(5-3-13)30-18-10-27-9-15(25-18)19(26)24-8-12-1-6-16-17(7-12)29-11-28-16/h1-7,9,15,18,25H,8,10-11H2,(H,24,26)/t15-,18?/m1/s1. The SMILES string of the molecule is O=C(NCc1ccc2c(c1)OCO2)[C@H]1[CH]OCC(Sc2ccc(C(F)(F)F)cc2)N1. The Balaban J connectivity index is 1.29. The minimum Gasteiger partial charge on any atom is -0.454 e. The van der Waals surface area contributed by atoms with Crippen molar-refractivity contribution in [1.29, 1.82) is 0 Å². The summed E-state index contributed by atoms with van der Waals surface area (Å²) < 4.78 is 54.0. The van der Waals surface area contributed by atoms with Crippen molar-refractivity contribution in [3.8, 4) is 11.5 Å². The molecule has 2 aliphatic heterocycles. The van der Waals surface area contributed by atoms with E-state index >= 15 is 0 Å². The lowest BCUT2D eigenvalue weighted by molar-refractivity contribution is -0.137. The van der Waals surface area contributed by atoms with Gasteiger partial charge in [-0.1, -0.05) is 6.07 Å². The van der Waals surface area contributed by atoms with Crippen molar-refractivity contribution in [3.63, 3.8) is 0 Å². The molecule has 1 saturated heterocycles. The maximum atomic E-state index is 12.7. The molecule has 0 saturated carbocycles. The molecule has 2 atom stereocenters. The van der Waals surface area contributed by atoms with Gasteiger partial charge >= 0.3 is 6.18 Å². The molecule has 1 radical (unpaired) electrons. The molecule has 1 unspecified atom stereocenters. The number of morpholine rings is 1. The van der Waals surface area contributed by atoms with E-state index in [1.165, 1.54) is 30.5 Å². The molecule has 1 amide bonds. The number of ether oxygens (including phenoxy) is 3. The van der Waals surface area contributed by atoms with Gasteiger partial charge in [-0.05, 0) is 42.0 Å². The van der Waals surface area contributed by atoms with Crippen LogP contribution in [-0.2, 0) is 22.3 Å². The molecule has 6 nitrogen and oxygen atoms in total. The molecule has 4 rings (SSSR count). The van der Waals surface area contributed by atoms with E-state index in [-0.39, 0.29) is 24.7 Å². The fraction of sp³-hybridized carbons (Fsp3) is 0.300. The predicted octanol–water partition coefficient (Wildman–Crippen LogP) is 3.32. The lowest BCUT2D eigenvalue weighted by Gasteiger charge is -2.29. The van der Waals surface area contributed by atoms with Crippen molar-refractivity contribution in [2.24, 2.45) is 0 Å². The highest BCUT2D eigenvalue weighted by Crippen LogP contribution is 2.33. The van der Waals surface area contributed by atoms with Crippen LogP contribution in [0.1, 0.15) is 11.1 Å². The van der Waals surface area contributed by atoms with E-state index in [0.29, 0.717) is 22.9 Å². The number of rotatable bonds is 5. The van der Waals surface area contributed by atoms with Crippen molar-refractivity contribution in [2.75, 3.05) is 13.4 Å². The first kappa shape index (κ1) is 20.8. The van der Waals surface area contributed by atoms with Crippen LogP contribution < -0.4 is 20.1 Å². The first-order valence-electron chi connectivity index (χ1n) is 9.09. The van der Waals surface area contributed by atoms with Crippen molar-refractivity contribution in [3.05, 3.63) is 60.2 Å². The van der Waals surface area contributed by atoms with Crippen LogP contribution in [0.25, 0.3) is 0 Å². The lowest BCUT2D eigenvalue weighted by Crippen LogP contribution is -2.52. The summed E-state index contributed by atoms with van der Waals surface area (Å²) in [4.78, 5) is 13.1. The number of carbonyl (C=O) groups excluding carboxylic acids is 1. The third-order valence-electron chi connectivity index (χ3n) is 4.49. The smallest absolute Gasteiger partial charge is 0.416 e. The summed E-state index contributed by atoms with van der Waals surface area (Å²) in [5, 5.41) is 5.67. The first-order valence-corrected chi connectivity index (χ1v) is 9.97. The highest BCUT2D eigenvalue weighted by atomic mass is 32.2. The van der Waals surface area contributed by atoms with Gasteiger partial charge in [-0.3, -0.25) is 10.1 Å². The zero-order chi connectivity index (χ0) is 21.1. The van der Waals surface area contributed by atoms with E-state index in [1.54, 1.807) is 12.1 Å². The van der Waals surface area contributed by atoms with Gasteiger partial charge in [0, 0.05) is 11.4 Å². The molecule has 0 aromatic heterocycles. The second kappa shape index (κ2) is 8.75. The summed E-state index contributed by atoms with van der Waals surface area (Å²) in [7, 11) is 0. The predicted molar refractivity (Wildman–Crippen MR) is 103 cm³/mol. The number of fused-ring (bicyclic) bond motifs is 1. The number of halogens is 3. The number of carbonyl (C=O) groups is 1. The quantitative estimate of drug-likeness (QED) is 0.745. The van der Waals surface area contributed by atoms with Gasteiger partial charge in [0.05, 0.1) is 17.5 Å². The Hall–Kier alpha value is -2.43. The van der Waals surface area contributed by atoms with Gasteiger partial charge in [0.2, 0.25) is 12.7 Å². The maximum absolute atomic E-state index is 12.7. The highest BCUT2D eigenvalue weighted by Gasteiger charge is 2.31. The Morgan fingerprint density at radius 2 is 1.90 bits per heavy atom. The van der Waals surface area contributed by atoms with Gasteiger partial charge in [-0.25, -0.2) is 0 Å². The monoisotopic (exact) mass is 439 g/mol. The molecule has 30 heavy (non-hydrogen) atoms. The summed E-state index contributed by atoms with van der Waals surface area (Å²) in [5.74, 6) is 1.04. The fourth-order valence-corrected chi connectivity index (χ4v) is 3.95. The van der Waals surface area contributed by atoms with Crippen LogP contribution in [0, 0.1) is 6.61 Å². The van der Waals surface area contributed by atoms with Crippen molar-refractivity contribution >= 4 is 17.7 Å². The van der Waals surface area contributed by atoms with Gasteiger partial charge in [0.15, 0.2) is 11.5 Å². The fourth-order valence-electron chi connectivity index (χ4n) is 2.97. The third kappa shape index (κ3) is 5.00. The van der Waals surface area contributed by atoms with Gasteiger partial charge in [0.1, 0.15) is 12.6 Å². The third-order valence-corrected chi connectivity index (χ3v) is 5.59. The Bertz CT molecular complexity index is 908. The molecule has 2 aliphatic rings. The van der Waals surface area contributed by atoms with Crippen molar-refractivity contribution in [1.82, 2.24) is 10.6 Å². The average molecular weight is 439 g/mol. The summed E-state index contributed by atoms with van der Waals surface area (Å²) in [6, 6.07) is 9.63. The first-order chi connectivity index (χ1) is 14.4. The average Bonchev–Trinajstić information content (AvgIpc) is 3.20. The van der Waals surface area contributed by atoms with E-state index in [9.17, 15) is 18.0 Å². The van der Waals surface area contributed by atoms with Crippen LogP contribution in [0.4, 0.5) is 13.2 Å². The zero-order valence-electron chi connectivity index (χ0n) is 15.6. The number of nitrogens with one attached hydrogen (secondary N) is 2. The molecule has 2 aromatic carbocycles. The van der Waals surface area contributed by atoms with Gasteiger partial charge in [-0.2, -0.15) is 13.2 Å². The zero-order valence-corrected chi connectivity index (χ0v) is 16.4. The van der Waals surface area contributed by atoms with Crippen molar-refractivity contribution in [2.45, 2.75) is 29.0 Å². The van der Waals surface area contributed by atoms with E-state index in [4.69, 9.17) is 14.2 Å². The Morgan fingerprint density at radius 3 is 2.67 bits per heavy atom. The van der Waals surface area contributed by atoms with Crippen LogP contribution in [0.3, 0.4) is 0 Å². The molecule has 0 bridgehead atoms. The Labute approximate surface area is 175 Å². The van der Waals surface area contributed by atoms with Gasteiger partial charge < -0.3 is 19.5 Å². The number of alkyl halides is 3. The normalized spacial score (nSPS) is 20.8. The van der Waals surface area contributed by atoms with Crippen LogP contribution in [0.15, 0.2) is 47.4 Å². The van der Waals surface area contributed by atoms with Crippen LogP contribution in [-0.4, -0.2) is 30.7 Å². The van der Waals surface area contributed by atoms with Crippen molar-refractivity contribution < 1.29 is 32.2 Å². The molecule has 0 aliphatic carbocycles. The molecule has 10 heteroatoms. The second-order valence-electron chi connectivity index (χ2n) is 6.65. The van der Waals surface area contributed by atoms with Crippen LogP contribution in [0.5, 0.6) is 11.5 Å². The number of benzene rings is 2. The second-order valence-corrected chi connectivity index (χ2v) is 7.92. The molecular formula is C20H18F3N2O4S. The number of hydrogen-bond donors (Lipinski definition) is 2. The van der Waals surface area contributed by atoms with Crippen LogP contribution >= 0.6 is 11.8 Å². The molecule has 159 valence electrons. The van der Waals surface area contributed by atoms with E-state index in [0.717, 1.165) is 17.7 Å². The minimum absolute atomic E-state index is 0.182. The van der Waals surface area contributed by atoms with E-state index in [2.05, 4.69) is 10.6 Å². The highest BCUT2D eigenvalue weighted by molar-refractivity contribution is 8.00. The van der Waals surface area contributed by atoms with E-state index < -0.39 is 17.8 Å². The summed E-state index contributed by atoms with van der Waals surface area (Å²) in [6.45, 7) is 2.19. The molecule has 2 heterocycles. The minimum atomic E-state index is -4.37. The molecular weight excluding hydrogens is 421 g/mol. The van der Waals surface area contributed by atoms with Gasteiger partial charge in [-0.15, -0.1) is 11.8 Å². The van der Waals surface area contributed by atoms with E-state index in [1.807, 2.05) is 6.07 Å². The molecule has 2 aromatic rings. The molecule has 1 fully saturated rings. The lowest BCUT2D eigenvalue weighted by atomic mass is 10.2. The van der Waals surface area contributed by atoms with Crippen LogP contribution in [0.2, 0.25) is 0 Å². The largest absolute Gasteiger partial charge is 0.454 e. The number of hydrogen-bond acceptors (Lipinski definition) is 6. The Kier molecular flexibility index (Phi) is 6.07.